The predicted molar refractivity (Wildman–Crippen MR) is 106 cm³/mol. The van der Waals surface area contributed by atoms with Crippen molar-refractivity contribution in [2.24, 2.45) is 0 Å². The van der Waals surface area contributed by atoms with Crippen molar-refractivity contribution < 1.29 is 19.1 Å². The van der Waals surface area contributed by atoms with E-state index < -0.39 is 5.97 Å². The summed E-state index contributed by atoms with van der Waals surface area (Å²) >= 11 is 0. The number of amides is 2. The van der Waals surface area contributed by atoms with Crippen molar-refractivity contribution in [1.29, 1.82) is 0 Å². The molecule has 0 atom stereocenters. The Labute approximate surface area is 164 Å². The predicted octanol–water partition coefficient (Wildman–Crippen LogP) is 3.02. The molecule has 146 valence electrons. The van der Waals surface area contributed by atoms with Crippen LogP contribution in [-0.2, 0) is 20.9 Å². The molecule has 3 rings (SSSR count). The number of likely N-dealkylation sites (N-methyl/N-ethyl adjacent to an activating group) is 1. The highest BCUT2D eigenvalue weighted by atomic mass is 16.5. The monoisotopic (exact) mass is 380 g/mol. The number of hydrogen-bond acceptors (Lipinski definition) is 4. The van der Waals surface area contributed by atoms with Crippen LogP contribution in [0.15, 0.2) is 54.6 Å². The van der Waals surface area contributed by atoms with Gasteiger partial charge in [-0.15, -0.1) is 0 Å². The Morgan fingerprint density at radius 3 is 2.57 bits per heavy atom. The zero-order valence-corrected chi connectivity index (χ0v) is 16.0. The summed E-state index contributed by atoms with van der Waals surface area (Å²) in [4.78, 5) is 40.0. The molecule has 1 fully saturated rings. The van der Waals surface area contributed by atoms with Gasteiger partial charge in [0.05, 0.1) is 5.56 Å². The first-order valence-electron chi connectivity index (χ1n) is 9.47. The van der Waals surface area contributed by atoms with Gasteiger partial charge < -0.3 is 14.5 Å². The number of carbonyl (C=O) groups is 3. The Bertz CT molecular complexity index is 851. The van der Waals surface area contributed by atoms with Crippen LogP contribution in [0.5, 0.6) is 0 Å². The van der Waals surface area contributed by atoms with Gasteiger partial charge in [-0.05, 0) is 43.2 Å². The van der Waals surface area contributed by atoms with Gasteiger partial charge >= 0.3 is 5.97 Å². The van der Waals surface area contributed by atoms with Gasteiger partial charge in [0.2, 0.25) is 5.91 Å². The highest BCUT2D eigenvalue weighted by molar-refractivity contribution is 5.97. The van der Waals surface area contributed by atoms with E-state index in [1.54, 1.807) is 28.0 Å². The molecule has 1 saturated heterocycles. The molecular formula is C22H24N2O4. The summed E-state index contributed by atoms with van der Waals surface area (Å²) < 4.78 is 5.23. The Hall–Kier alpha value is -3.15. The largest absolute Gasteiger partial charge is 0.452 e. The van der Waals surface area contributed by atoms with Crippen molar-refractivity contribution in [3.8, 4) is 0 Å². The van der Waals surface area contributed by atoms with E-state index in [9.17, 15) is 14.4 Å². The van der Waals surface area contributed by atoms with Gasteiger partial charge in [-0.25, -0.2) is 4.79 Å². The number of anilines is 1. The van der Waals surface area contributed by atoms with Crippen LogP contribution in [0.3, 0.4) is 0 Å². The van der Waals surface area contributed by atoms with E-state index in [0.29, 0.717) is 25.1 Å². The number of ether oxygens (including phenoxy) is 1. The molecule has 2 aromatic carbocycles. The smallest absolute Gasteiger partial charge is 0.338 e. The summed E-state index contributed by atoms with van der Waals surface area (Å²) in [6, 6.07) is 16.3. The number of benzene rings is 2. The molecule has 0 unspecified atom stereocenters. The average molecular weight is 380 g/mol. The second-order valence-electron chi connectivity index (χ2n) is 6.67. The van der Waals surface area contributed by atoms with E-state index in [1.165, 1.54) is 0 Å². The average Bonchev–Trinajstić information content (AvgIpc) is 3.12. The molecule has 1 aliphatic rings. The molecule has 0 radical (unpaired) electrons. The van der Waals surface area contributed by atoms with E-state index in [0.717, 1.165) is 24.2 Å². The van der Waals surface area contributed by atoms with Crippen molar-refractivity contribution in [2.45, 2.75) is 26.3 Å². The van der Waals surface area contributed by atoms with Gasteiger partial charge in [-0.2, -0.15) is 0 Å². The maximum absolute atomic E-state index is 12.4. The summed E-state index contributed by atoms with van der Waals surface area (Å²) in [6.45, 7) is 3.26. The summed E-state index contributed by atoms with van der Waals surface area (Å²) in [5.74, 6) is -0.688. The minimum Gasteiger partial charge on any atom is -0.452 e. The first kappa shape index (κ1) is 19.6. The van der Waals surface area contributed by atoms with Crippen LogP contribution >= 0.6 is 0 Å². The molecule has 2 aromatic rings. The lowest BCUT2D eigenvalue weighted by Gasteiger charge is -2.20. The SMILES string of the molecule is CCN(C(=O)COC(=O)c1cccc(CN2CCCC2=O)c1)c1ccccc1. The number of esters is 1. The number of carbonyl (C=O) groups excluding carboxylic acids is 3. The van der Waals surface area contributed by atoms with Crippen LogP contribution in [0.4, 0.5) is 5.69 Å². The van der Waals surface area contributed by atoms with Gasteiger partial charge in [0, 0.05) is 31.7 Å². The third-order valence-corrected chi connectivity index (χ3v) is 4.72. The summed E-state index contributed by atoms with van der Waals surface area (Å²) in [5, 5.41) is 0. The molecule has 0 aliphatic carbocycles. The fourth-order valence-electron chi connectivity index (χ4n) is 3.29. The molecule has 1 heterocycles. The Kier molecular flexibility index (Phi) is 6.42. The number of likely N-dealkylation sites (tertiary alicyclic amines) is 1. The topological polar surface area (TPSA) is 66.9 Å². The van der Waals surface area contributed by atoms with Crippen LogP contribution < -0.4 is 4.90 Å². The zero-order chi connectivity index (χ0) is 19.9. The molecule has 2 amide bonds. The van der Waals surface area contributed by atoms with Gasteiger partial charge in [0.15, 0.2) is 6.61 Å². The van der Waals surface area contributed by atoms with Crippen LogP contribution in [0, 0.1) is 0 Å². The molecule has 6 nitrogen and oxygen atoms in total. The summed E-state index contributed by atoms with van der Waals surface area (Å²) in [7, 11) is 0. The number of hydrogen-bond donors (Lipinski definition) is 0. The lowest BCUT2D eigenvalue weighted by molar-refractivity contribution is -0.128. The molecule has 0 bridgehead atoms. The quantitative estimate of drug-likeness (QED) is 0.693. The second kappa shape index (κ2) is 9.17. The third-order valence-electron chi connectivity index (χ3n) is 4.72. The third kappa shape index (κ3) is 4.76. The lowest BCUT2D eigenvalue weighted by Crippen LogP contribution is -2.34. The van der Waals surface area contributed by atoms with Crippen LogP contribution in [0.2, 0.25) is 0 Å². The van der Waals surface area contributed by atoms with Crippen molar-refractivity contribution in [3.63, 3.8) is 0 Å². The molecule has 1 aliphatic heterocycles. The van der Waals surface area contributed by atoms with Gasteiger partial charge in [-0.3, -0.25) is 9.59 Å². The molecular weight excluding hydrogens is 356 g/mol. The van der Waals surface area contributed by atoms with Crippen molar-refractivity contribution >= 4 is 23.5 Å². The van der Waals surface area contributed by atoms with Crippen LogP contribution in [0.1, 0.15) is 35.7 Å². The van der Waals surface area contributed by atoms with E-state index in [2.05, 4.69) is 0 Å². The molecule has 28 heavy (non-hydrogen) atoms. The standard InChI is InChI=1S/C22H24N2O4/c1-2-24(19-10-4-3-5-11-19)21(26)16-28-22(27)18-9-6-8-17(14-18)15-23-13-7-12-20(23)25/h3-6,8-11,14H,2,7,12-13,15-16H2,1H3. The van der Waals surface area contributed by atoms with Gasteiger partial charge in [0.1, 0.15) is 0 Å². The fraction of sp³-hybridized carbons (Fsp3) is 0.318. The number of rotatable bonds is 7. The summed E-state index contributed by atoms with van der Waals surface area (Å²) in [5.41, 5.74) is 2.01. The lowest BCUT2D eigenvalue weighted by atomic mass is 10.1. The zero-order valence-electron chi connectivity index (χ0n) is 16.0. The minimum atomic E-state index is -0.549. The summed E-state index contributed by atoms with van der Waals surface area (Å²) in [6.07, 6.45) is 1.46. The maximum Gasteiger partial charge on any atom is 0.338 e. The minimum absolute atomic E-state index is 0.138. The number of para-hydroxylation sites is 1. The van der Waals surface area contributed by atoms with Crippen molar-refractivity contribution in [2.75, 3.05) is 24.6 Å². The Balaban J connectivity index is 1.59. The highest BCUT2D eigenvalue weighted by Crippen LogP contribution is 2.16. The highest BCUT2D eigenvalue weighted by Gasteiger charge is 2.21. The molecule has 0 aromatic heterocycles. The van der Waals surface area contributed by atoms with Crippen molar-refractivity contribution in [3.05, 3.63) is 65.7 Å². The second-order valence-corrected chi connectivity index (χ2v) is 6.67. The van der Waals surface area contributed by atoms with Gasteiger partial charge in [0.25, 0.3) is 5.91 Å². The Morgan fingerprint density at radius 2 is 1.89 bits per heavy atom. The fourth-order valence-corrected chi connectivity index (χ4v) is 3.29. The normalized spacial score (nSPS) is 13.5. The molecule has 6 heteroatoms. The van der Waals surface area contributed by atoms with Crippen LogP contribution in [0.25, 0.3) is 0 Å². The van der Waals surface area contributed by atoms with E-state index >= 15 is 0 Å². The van der Waals surface area contributed by atoms with E-state index in [4.69, 9.17) is 4.74 Å². The molecule has 0 spiro atoms. The van der Waals surface area contributed by atoms with Crippen molar-refractivity contribution in [1.82, 2.24) is 4.90 Å². The molecule has 0 saturated carbocycles. The number of nitrogens with zero attached hydrogens (tertiary/aromatic N) is 2. The molecule has 0 N–H and O–H groups in total. The maximum atomic E-state index is 12.4. The Morgan fingerprint density at radius 1 is 1.11 bits per heavy atom. The first-order valence-corrected chi connectivity index (χ1v) is 9.47. The van der Waals surface area contributed by atoms with E-state index in [1.807, 2.05) is 43.3 Å². The van der Waals surface area contributed by atoms with E-state index in [-0.39, 0.29) is 18.4 Å². The van der Waals surface area contributed by atoms with Gasteiger partial charge in [-0.1, -0.05) is 30.3 Å². The van der Waals surface area contributed by atoms with Crippen LogP contribution in [-0.4, -0.2) is 42.4 Å². The first-order chi connectivity index (χ1) is 13.6.